The van der Waals surface area contributed by atoms with Gasteiger partial charge in [0.15, 0.2) is 5.75 Å². The second-order valence-corrected chi connectivity index (χ2v) is 4.11. The van der Waals surface area contributed by atoms with Crippen molar-refractivity contribution < 1.29 is 9.53 Å². The minimum absolute atomic E-state index is 0.227. The van der Waals surface area contributed by atoms with Crippen LogP contribution in [0.4, 0.5) is 5.82 Å². The van der Waals surface area contributed by atoms with Crippen molar-refractivity contribution in [3.8, 4) is 5.75 Å². The van der Waals surface area contributed by atoms with Gasteiger partial charge in [0.2, 0.25) is 0 Å². The summed E-state index contributed by atoms with van der Waals surface area (Å²) in [5, 5.41) is 0. The van der Waals surface area contributed by atoms with Crippen molar-refractivity contribution in [3.63, 3.8) is 0 Å². The topological polar surface area (TPSA) is 68.5 Å². The van der Waals surface area contributed by atoms with Crippen LogP contribution in [0.5, 0.6) is 5.75 Å². The van der Waals surface area contributed by atoms with Crippen molar-refractivity contribution in [2.45, 2.75) is 18.9 Å². The molecule has 1 heterocycles. The lowest BCUT2D eigenvalue weighted by molar-refractivity contribution is 0.0996. The minimum atomic E-state index is -0.485. The summed E-state index contributed by atoms with van der Waals surface area (Å²) in [5.74, 6) is 0.693. The maximum atomic E-state index is 11.3. The van der Waals surface area contributed by atoms with Crippen molar-refractivity contribution in [1.29, 1.82) is 0 Å². The largest absolute Gasteiger partial charge is 0.488 e. The molecule has 2 N–H and O–H groups in total. The van der Waals surface area contributed by atoms with Crippen LogP contribution in [0.15, 0.2) is 12.3 Å². The molecule has 0 aromatic carbocycles. The van der Waals surface area contributed by atoms with Gasteiger partial charge in [-0.3, -0.25) is 4.79 Å². The molecule has 1 aliphatic rings. The summed E-state index contributed by atoms with van der Waals surface area (Å²) in [4.78, 5) is 17.3. The van der Waals surface area contributed by atoms with Gasteiger partial charge in [0.25, 0.3) is 5.91 Å². The summed E-state index contributed by atoms with van der Waals surface area (Å²) in [6.07, 6.45) is 3.86. The number of hydrogen-bond acceptors (Lipinski definition) is 4. The normalized spacial score (nSPS) is 14.6. The van der Waals surface area contributed by atoms with Crippen molar-refractivity contribution in [3.05, 3.63) is 17.8 Å². The Morgan fingerprint density at radius 3 is 2.75 bits per heavy atom. The highest BCUT2D eigenvalue weighted by molar-refractivity contribution is 5.96. The lowest BCUT2D eigenvalue weighted by atomic mass is 10.2. The number of primary amides is 1. The summed E-state index contributed by atoms with van der Waals surface area (Å²) in [7, 11) is 3.71. The zero-order chi connectivity index (χ0) is 11.7. The maximum Gasteiger partial charge on any atom is 0.252 e. The summed E-state index contributed by atoms with van der Waals surface area (Å²) in [5.41, 5.74) is 5.71. The highest BCUT2D eigenvalue weighted by atomic mass is 16.5. The summed E-state index contributed by atoms with van der Waals surface area (Å²) in [6, 6.07) is 1.65. The Morgan fingerprint density at radius 2 is 2.25 bits per heavy atom. The first-order valence-corrected chi connectivity index (χ1v) is 5.21. The number of carbonyl (C=O) groups excluding carboxylic acids is 1. The second kappa shape index (κ2) is 4.00. The number of anilines is 1. The Kier molecular flexibility index (Phi) is 2.68. The van der Waals surface area contributed by atoms with Gasteiger partial charge < -0.3 is 15.4 Å². The first kappa shape index (κ1) is 10.7. The van der Waals surface area contributed by atoms with Crippen LogP contribution in [0.2, 0.25) is 0 Å². The molecule has 5 heteroatoms. The lowest BCUT2D eigenvalue weighted by Crippen LogP contribution is -2.17. The van der Waals surface area contributed by atoms with E-state index in [4.69, 9.17) is 10.5 Å². The van der Waals surface area contributed by atoms with E-state index in [9.17, 15) is 4.79 Å². The van der Waals surface area contributed by atoms with Gasteiger partial charge in [0.1, 0.15) is 5.82 Å². The fraction of sp³-hybridized carbons (Fsp3) is 0.455. The third kappa shape index (κ3) is 2.24. The quantitative estimate of drug-likeness (QED) is 0.816. The zero-order valence-corrected chi connectivity index (χ0v) is 9.43. The molecule has 1 fully saturated rings. The number of pyridine rings is 1. The highest BCUT2D eigenvalue weighted by Crippen LogP contribution is 2.29. The molecule has 0 bridgehead atoms. The van der Waals surface area contributed by atoms with E-state index in [1.807, 2.05) is 19.0 Å². The molecule has 1 aliphatic carbocycles. The van der Waals surface area contributed by atoms with Crippen LogP contribution in [-0.2, 0) is 0 Å². The lowest BCUT2D eigenvalue weighted by Gasteiger charge is -2.14. The van der Waals surface area contributed by atoms with E-state index < -0.39 is 5.91 Å². The van der Waals surface area contributed by atoms with Gasteiger partial charge in [-0.15, -0.1) is 0 Å². The van der Waals surface area contributed by atoms with Gasteiger partial charge in [-0.2, -0.15) is 0 Å². The van der Waals surface area contributed by atoms with Crippen LogP contribution in [0.25, 0.3) is 0 Å². The van der Waals surface area contributed by atoms with Crippen molar-refractivity contribution in [2.75, 3.05) is 19.0 Å². The third-order valence-electron chi connectivity index (χ3n) is 2.39. The van der Waals surface area contributed by atoms with E-state index >= 15 is 0 Å². The molecule has 16 heavy (non-hydrogen) atoms. The number of nitrogens with two attached hydrogens (primary N) is 1. The number of aromatic nitrogens is 1. The molecule has 0 spiro atoms. The van der Waals surface area contributed by atoms with E-state index in [1.165, 1.54) is 0 Å². The van der Waals surface area contributed by atoms with Gasteiger partial charge >= 0.3 is 0 Å². The van der Waals surface area contributed by atoms with Gasteiger partial charge in [0.05, 0.1) is 17.9 Å². The Hall–Kier alpha value is -1.78. The molecular weight excluding hydrogens is 206 g/mol. The number of nitrogens with zero attached hydrogens (tertiary/aromatic N) is 2. The fourth-order valence-electron chi connectivity index (χ4n) is 1.33. The van der Waals surface area contributed by atoms with Crippen molar-refractivity contribution >= 4 is 11.7 Å². The van der Waals surface area contributed by atoms with Gasteiger partial charge in [0, 0.05) is 14.1 Å². The smallest absolute Gasteiger partial charge is 0.252 e. The SMILES string of the molecule is CN(C)c1cc(C(N)=O)c(OC2CC2)cn1. The molecule has 1 amide bonds. The Labute approximate surface area is 94.2 Å². The van der Waals surface area contributed by atoms with E-state index in [1.54, 1.807) is 12.3 Å². The van der Waals surface area contributed by atoms with Crippen LogP contribution >= 0.6 is 0 Å². The molecule has 5 nitrogen and oxygen atoms in total. The Morgan fingerprint density at radius 1 is 1.56 bits per heavy atom. The van der Waals surface area contributed by atoms with Gasteiger partial charge in [-0.05, 0) is 18.9 Å². The summed E-state index contributed by atoms with van der Waals surface area (Å²) >= 11 is 0. The molecular formula is C11H15N3O2. The molecule has 0 aliphatic heterocycles. The van der Waals surface area contributed by atoms with Gasteiger partial charge in [-0.1, -0.05) is 0 Å². The third-order valence-corrected chi connectivity index (χ3v) is 2.39. The van der Waals surface area contributed by atoms with Crippen LogP contribution < -0.4 is 15.4 Å². The number of ether oxygens (including phenoxy) is 1. The monoisotopic (exact) mass is 221 g/mol. The van der Waals surface area contributed by atoms with Crippen LogP contribution in [0.1, 0.15) is 23.2 Å². The van der Waals surface area contributed by atoms with Crippen LogP contribution in [-0.4, -0.2) is 31.1 Å². The molecule has 1 aromatic heterocycles. The van der Waals surface area contributed by atoms with E-state index in [-0.39, 0.29) is 6.10 Å². The zero-order valence-electron chi connectivity index (χ0n) is 9.43. The van der Waals surface area contributed by atoms with E-state index in [0.717, 1.165) is 12.8 Å². The predicted molar refractivity (Wildman–Crippen MR) is 60.7 cm³/mol. The average Bonchev–Trinajstić information content (AvgIpc) is 3.01. The Bertz CT molecular complexity index is 414. The van der Waals surface area contributed by atoms with Crippen LogP contribution in [0.3, 0.4) is 0 Å². The Balaban J connectivity index is 2.32. The summed E-state index contributed by atoms with van der Waals surface area (Å²) < 4.78 is 5.57. The minimum Gasteiger partial charge on any atom is -0.488 e. The molecule has 0 atom stereocenters. The molecule has 2 rings (SSSR count). The first-order valence-electron chi connectivity index (χ1n) is 5.21. The molecule has 86 valence electrons. The number of amides is 1. The maximum absolute atomic E-state index is 11.3. The molecule has 0 radical (unpaired) electrons. The average molecular weight is 221 g/mol. The van der Waals surface area contributed by atoms with Crippen molar-refractivity contribution in [1.82, 2.24) is 4.98 Å². The van der Waals surface area contributed by atoms with E-state index in [2.05, 4.69) is 4.98 Å². The van der Waals surface area contributed by atoms with Gasteiger partial charge in [-0.25, -0.2) is 4.98 Å². The highest BCUT2D eigenvalue weighted by Gasteiger charge is 2.25. The van der Waals surface area contributed by atoms with E-state index in [0.29, 0.717) is 17.1 Å². The molecule has 0 unspecified atom stereocenters. The fourth-order valence-corrected chi connectivity index (χ4v) is 1.33. The number of carbonyl (C=O) groups is 1. The summed E-state index contributed by atoms with van der Waals surface area (Å²) in [6.45, 7) is 0. The second-order valence-electron chi connectivity index (χ2n) is 4.11. The molecule has 0 saturated heterocycles. The number of hydrogen-bond donors (Lipinski definition) is 1. The number of rotatable bonds is 4. The molecule has 1 aromatic rings. The van der Waals surface area contributed by atoms with Crippen LogP contribution in [0, 0.1) is 0 Å². The predicted octanol–water partition coefficient (Wildman–Crippen LogP) is 0.788. The molecule has 1 saturated carbocycles. The standard InChI is InChI=1S/C11H15N3O2/c1-14(2)10-5-8(11(12)15)9(6-13-10)16-7-3-4-7/h5-7H,3-4H2,1-2H3,(H2,12,15). The first-order chi connectivity index (χ1) is 7.58. The van der Waals surface area contributed by atoms with Crippen molar-refractivity contribution in [2.24, 2.45) is 5.73 Å².